The van der Waals surface area contributed by atoms with Crippen LogP contribution in [0.2, 0.25) is 0 Å². The highest BCUT2D eigenvalue weighted by Gasteiger charge is 2.22. The molecule has 0 unspecified atom stereocenters. The van der Waals surface area contributed by atoms with Crippen molar-refractivity contribution in [1.82, 2.24) is 0 Å². The van der Waals surface area contributed by atoms with Gasteiger partial charge in [0.25, 0.3) is 0 Å². The summed E-state index contributed by atoms with van der Waals surface area (Å²) in [4.78, 5) is 12.2. The predicted octanol–water partition coefficient (Wildman–Crippen LogP) is 2.74. The van der Waals surface area contributed by atoms with Crippen molar-refractivity contribution in [2.75, 3.05) is 5.32 Å². The molecule has 0 heterocycles. The molecule has 0 saturated heterocycles. The Morgan fingerprint density at radius 1 is 1.14 bits per heavy atom. The third kappa shape index (κ3) is 3.71. The van der Waals surface area contributed by atoms with Crippen LogP contribution in [-0.2, 0) is 4.79 Å². The Morgan fingerprint density at radius 3 is 2.33 bits per heavy atom. The number of nitrogens with two attached hydrogens (primary N) is 1. The van der Waals surface area contributed by atoms with E-state index in [4.69, 9.17) is 12.2 Å². The maximum Gasteiger partial charge on any atom is 0.241 e. The number of carbonyl (C=O) groups excluding carboxylic acids is 1. The van der Waals surface area contributed by atoms with E-state index in [-0.39, 0.29) is 11.8 Å². The molecule has 0 spiro atoms. The van der Waals surface area contributed by atoms with Gasteiger partial charge in [0.1, 0.15) is 0 Å². The molecule has 0 fully saturated rings. The summed E-state index contributed by atoms with van der Waals surface area (Å²) in [7, 11) is 0. The van der Waals surface area contributed by atoms with Crippen LogP contribution in [0.25, 0.3) is 0 Å². The van der Waals surface area contributed by atoms with Crippen LogP contribution in [0.4, 0.5) is 5.69 Å². The lowest BCUT2D eigenvalue weighted by Gasteiger charge is -2.19. The number of carbonyl (C=O) groups is 1. The quantitative estimate of drug-likeness (QED) is 0.845. The number of terminal acetylenes is 1. The first-order chi connectivity index (χ1) is 10.1. The summed E-state index contributed by atoms with van der Waals surface area (Å²) in [5, 5.41) is 2.81. The highest BCUT2D eigenvalue weighted by molar-refractivity contribution is 5.95. The molecule has 0 radical (unpaired) electrons. The van der Waals surface area contributed by atoms with E-state index in [1.165, 1.54) is 0 Å². The van der Waals surface area contributed by atoms with Crippen LogP contribution >= 0.6 is 0 Å². The molecule has 21 heavy (non-hydrogen) atoms. The Hall–Kier alpha value is -2.57. The molecule has 1 amide bonds. The number of benzene rings is 2. The molecule has 2 atom stereocenters. The average Bonchev–Trinajstić information content (AvgIpc) is 2.55. The van der Waals surface area contributed by atoms with Crippen molar-refractivity contribution in [3.8, 4) is 12.3 Å². The predicted molar refractivity (Wildman–Crippen MR) is 85.8 cm³/mol. The van der Waals surface area contributed by atoms with Gasteiger partial charge in [0.05, 0.1) is 6.04 Å². The van der Waals surface area contributed by atoms with Crippen molar-refractivity contribution in [2.45, 2.75) is 18.9 Å². The molecule has 3 heteroatoms. The molecular formula is C18H18N2O. The molecule has 3 nitrogen and oxygen atoms in total. The zero-order valence-corrected chi connectivity index (χ0v) is 11.9. The topological polar surface area (TPSA) is 55.1 Å². The van der Waals surface area contributed by atoms with Crippen LogP contribution in [0.5, 0.6) is 0 Å². The summed E-state index contributed by atoms with van der Waals surface area (Å²) in [5.74, 6) is 2.26. The summed E-state index contributed by atoms with van der Waals surface area (Å²) < 4.78 is 0. The largest absolute Gasteiger partial charge is 0.325 e. The zero-order valence-electron chi connectivity index (χ0n) is 11.9. The number of nitrogens with one attached hydrogen (secondary N) is 1. The number of hydrogen-bond acceptors (Lipinski definition) is 2. The van der Waals surface area contributed by atoms with Crippen LogP contribution in [-0.4, -0.2) is 11.9 Å². The van der Waals surface area contributed by atoms with Crippen molar-refractivity contribution in [3.63, 3.8) is 0 Å². The van der Waals surface area contributed by atoms with Crippen molar-refractivity contribution >= 4 is 11.6 Å². The maximum atomic E-state index is 12.2. The van der Waals surface area contributed by atoms with Gasteiger partial charge in [0, 0.05) is 17.2 Å². The fraction of sp³-hybridized carbons (Fsp3) is 0.167. The summed E-state index contributed by atoms with van der Waals surface area (Å²) in [5.41, 5.74) is 8.56. The van der Waals surface area contributed by atoms with E-state index < -0.39 is 6.04 Å². The highest BCUT2D eigenvalue weighted by atomic mass is 16.2. The molecule has 0 aliphatic heterocycles. The zero-order chi connectivity index (χ0) is 15.2. The Balaban J connectivity index is 2.04. The fourth-order valence-corrected chi connectivity index (χ4v) is 2.07. The van der Waals surface area contributed by atoms with Gasteiger partial charge in [-0.15, -0.1) is 6.42 Å². The fourth-order valence-electron chi connectivity index (χ4n) is 2.07. The summed E-state index contributed by atoms with van der Waals surface area (Å²) >= 11 is 0. The Kier molecular flexibility index (Phi) is 4.76. The summed E-state index contributed by atoms with van der Waals surface area (Å²) in [6.07, 6.45) is 5.30. The van der Waals surface area contributed by atoms with Gasteiger partial charge in [-0.25, -0.2) is 0 Å². The van der Waals surface area contributed by atoms with Gasteiger partial charge >= 0.3 is 0 Å². The third-order valence-corrected chi connectivity index (χ3v) is 3.49. The van der Waals surface area contributed by atoms with E-state index >= 15 is 0 Å². The van der Waals surface area contributed by atoms with Crippen LogP contribution in [0.15, 0.2) is 54.6 Å². The SMILES string of the molecule is C#Cc1ccc(NC(=O)[C@@H](N)[C@@H](C)c2ccccc2)cc1. The minimum Gasteiger partial charge on any atom is -0.325 e. The van der Waals surface area contributed by atoms with Crippen molar-refractivity contribution < 1.29 is 4.79 Å². The average molecular weight is 278 g/mol. The smallest absolute Gasteiger partial charge is 0.241 e. The molecule has 3 N–H and O–H groups in total. The first-order valence-electron chi connectivity index (χ1n) is 6.80. The number of rotatable bonds is 4. The van der Waals surface area contributed by atoms with E-state index in [9.17, 15) is 4.79 Å². The third-order valence-electron chi connectivity index (χ3n) is 3.49. The molecule has 0 aromatic heterocycles. The highest BCUT2D eigenvalue weighted by Crippen LogP contribution is 2.19. The lowest BCUT2D eigenvalue weighted by atomic mass is 9.93. The molecule has 0 aliphatic carbocycles. The van der Waals surface area contributed by atoms with E-state index in [1.807, 2.05) is 37.3 Å². The van der Waals surface area contributed by atoms with Crippen molar-refractivity contribution in [3.05, 3.63) is 65.7 Å². The summed E-state index contributed by atoms with van der Waals surface area (Å²) in [6, 6.07) is 16.3. The minimum atomic E-state index is -0.611. The maximum absolute atomic E-state index is 12.2. The summed E-state index contributed by atoms with van der Waals surface area (Å²) in [6.45, 7) is 1.95. The normalized spacial score (nSPS) is 13.0. The number of amides is 1. The van der Waals surface area contributed by atoms with Crippen LogP contribution in [0.3, 0.4) is 0 Å². The molecule has 2 rings (SSSR count). The van der Waals surface area contributed by atoms with Gasteiger partial charge in [0.15, 0.2) is 0 Å². The van der Waals surface area contributed by atoms with Gasteiger partial charge in [-0.2, -0.15) is 0 Å². The molecule has 106 valence electrons. The van der Waals surface area contributed by atoms with E-state index in [1.54, 1.807) is 24.3 Å². The molecule has 0 aliphatic rings. The van der Waals surface area contributed by atoms with E-state index in [0.717, 1.165) is 11.1 Å². The lowest BCUT2D eigenvalue weighted by molar-refractivity contribution is -0.117. The first-order valence-corrected chi connectivity index (χ1v) is 6.80. The van der Waals surface area contributed by atoms with Gasteiger partial charge < -0.3 is 11.1 Å². The van der Waals surface area contributed by atoms with Gasteiger partial charge in [0.2, 0.25) is 5.91 Å². The monoisotopic (exact) mass is 278 g/mol. The Morgan fingerprint density at radius 2 is 1.76 bits per heavy atom. The van der Waals surface area contributed by atoms with E-state index in [0.29, 0.717) is 5.69 Å². The molecule has 2 aromatic carbocycles. The first kappa shape index (κ1) is 14.8. The second-order valence-corrected chi connectivity index (χ2v) is 4.94. The van der Waals surface area contributed by atoms with Crippen LogP contribution in [0.1, 0.15) is 24.0 Å². The number of anilines is 1. The lowest BCUT2D eigenvalue weighted by Crippen LogP contribution is -2.39. The molecule has 2 aromatic rings. The number of hydrogen-bond donors (Lipinski definition) is 2. The minimum absolute atomic E-state index is 0.0591. The van der Waals surface area contributed by atoms with Crippen molar-refractivity contribution in [2.24, 2.45) is 5.73 Å². The molecule has 0 saturated carbocycles. The van der Waals surface area contributed by atoms with Crippen LogP contribution < -0.4 is 11.1 Å². The van der Waals surface area contributed by atoms with Crippen LogP contribution in [0, 0.1) is 12.3 Å². The second-order valence-electron chi connectivity index (χ2n) is 4.94. The molecule has 0 bridgehead atoms. The van der Waals surface area contributed by atoms with Gasteiger partial charge in [-0.05, 0) is 29.8 Å². The standard InChI is InChI=1S/C18H18N2O/c1-3-14-9-11-16(12-10-14)20-18(21)17(19)13(2)15-7-5-4-6-8-15/h1,4-13,17H,19H2,2H3,(H,20,21)/t13-,17-/m0/s1. The van der Waals surface area contributed by atoms with E-state index in [2.05, 4.69) is 11.2 Å². The molecular weight excluding hydrogens is 260 g/mol. The second kappa shape index (κ2) is 6.74. The Bertz CT molecular complexity index is 641. The van der Waals surface area contributed by atoms with Gasteiger partial charge in [-0.3, -0.25) is 4.79 Å². The van der Waals surface area contributed by atoms with Gasteiger partial charge in [-0.1, -0.05) is 43.2 Å². The van der Waals surface area contributed by atoms with Crippen molar-refractivity contribution in [1.29, 1.82) is 0 Å². The Labute approximate surface area is 125 Å².